The first-order valence-corrected chi connectivity index (χ1v) is 9.64. The molecule has 3 fully saturated rings. The number of nitrogens with zero attached hydrogens (tertiary/aromatic N) is 4. The fourth-order valence-electron chi connectivity index (χ4n) is 4.34. The summed E-state index contributed by atoms with van der Waals surface area (Å²) >= 11 is 0. The Kier molecular flexibility index (Phi) is 3.72. The third-order valence-corrected chi connectivity index (χ3v) is 6.16. The number of carbonyl (C=O) groups excluding carboxylic acids is 2. The zero-order chi connectivity index (χ0) is 19.5. The number of oxazole rings is 1. The highest BCUT2D eigenvalue weighted by atomic mass is 16.3. The van der Waals surface area contributed by atoms with Gasteiger partial charge in [0.1, 0.15) is 5.76 Å². The van der Waals surface area contributed by atoms with Crippen molar-refractivity contribution in [1.29, 1.82) is 0 Å². The van der Waals surface area contributed by atoms with Crippen LogP contribution in [0.3, 0.4) is 0 Å². The van der Waals surface area contributed by atoms with Crippen LogP contribution in [0.2, 0.25) is 0 Å². The van der Waals surface area contributed by atoms with Crippen molar-refractivity contribution in [3.63, 3.8) is 0 Å². The van der Waals surface area contributed by atoms with Gasteiger partial charge in [-0.2, -0.15) is 0 Å². The zero-order valence-corrected chi connectivity index (χ0v) is 15.8. The summed E-state index contributed by atoms with van der Waals surface area (Å²) in [5.41, 5.74) is 0.626. The van der Waals surface area contributed by atoms with Crippen LogP contribution in [-0.2, 0) is 7.05 Å². The normalized spacial score (nSPS) is 20.5. The number of amides is 2. The molecule has 4 heterocycles. The van der Waals surface area contributed by atoms with E-state index in [0.717, 1.165) is 25.0 Å². The number of likely N-dealkylation sites (tertiary alicyclic amines) is 2. The van der Waals surface area contributed by atoms with Crippen molar-refractivity contribution in [3.05, 3.63) is 52.1 Å². The first kappa shape index (κ1) is 17.2. The van der Waals surface area contributed by atoms with Crippen LogP contribution < -0.4 is 5.56 Å². The van der Waals surface area contributed by atoms with Gasteiger partial charge in [-0.25, -0.2) is 4.98 Å². The number of pyridine rings is 1. The van der Waals surface area contributed by atoms with Crippen LogP contribution >= 0.6 is 0 Å². The van der Waals surface area contributed by atoms with Crippen molar-refractivity contribution in [2.75, 3.05) is 26.2 Å². The van der Waals surface area contributed by atoms with E-state index in [1.165, 1.54) is 17.0 Å². The summed E-state index contributed by atoms with van der Waals surface area (Å²) in [4.78, 5) is 45.0. The lowest BCUT2D eigenvalue weighted by atomic mass is 9.79. The lowest BCUT2D eigenvalue weighted by Gasteiger charge is -2.47. The molecule has 3 aliphatic rings. The van der Waals surface area contributed by atoms with Crippen LogP contribution in [0.5, 0.6) is 0 Å². The fraction of sp³-hybridized carbons (Fsp3) is 0.500. The molecule has 8 nitrogen and oxygen atoms in total. The second-order valence-corrected chi connectivity index (χ2v) is 8.34. The van der Waals surface area contributed by atoms with Gasteiger partial charge in [-0.3, -0.25) is 14.4 Å². The topological polar surface area (TPSA) is 88.7 Å². The van der Waals surface area contributed by atoms with Gasteiger partial charge in [-0.15, -0.1) is 0 Å². The predicted molar refractivity (Wildman–Crippen MR) is 99.0 cm³/mol. The molecule has 0 aromatic carbocycles. The third kappa shape index (κ3) is 2.75. The Balaban J connectivity index is 1.24. The van der Waals surface area contributed by atoms with Gasteiger partial charge in [-0.05, 0) is 25.3 Å². The van der Waals surface area contributed by atoms with Gasteiger partial charge in [0.05, 0.1) is 0 Å². The lowest BCUT2D eigenvalue weighted by molar-refractivity contribution is 0.0104. The Morgan fingerprint density at radius 2 is 1.93 bits per heavy atom. The lowest BCUT2D eigenvalue weighted by Crippen LogP contribution is -2.59. The van der Waals surface area contributed by atoms with Crippen LogP contribution in [0.4, 0.5) is 0 Å². The average Bonchev–Trinajstić information content (AvgIpc) is 3.21. The Hall–Kier alpha value is -2.90. The highest BCUT2D eigenvalue weighted by molar-refractivity contribution is 5.95. The first-order valence-electron chi connectivity index (χ1n) is 9.64. The summed E-state index contributed by atoms with van der Waals surface area (Å²) in [5.74, 6) is 0.874. The summed E-state index contributed by atoms with van der Waals surface area (Å²) in [5, 5.41) is 0. The number of aryl methyl sites for hydroxylation is 1. The van der Waals surface area contributed by atoms with E-state index in [4.69, 9.17) is 4.42 Å². The molecule has 1 saturated carbocycles. The van der Waals surface area contributed by atoms with Gasteiger partial charge < -0.3 is 18.8 Å². The van der Waals surface area contributed by atoms with Crippen molar-refractivity contribution < 1.29 is 14.0 Å². The number of hydrogen-bond donors (Lipinski definition) is 0. The second kappa shape index (κ2) is 6.05. The van der Waals surface area contributed by atoms with Gasteiger partial charge in [0.15, 0.2) is 12.1 Å². The van der Waals surface area contributed by atoms with E-state index in [0.29, 0.717) is 43.4 Å². The van der Waals surface area contributed by atoms with E-state index < -0.39 is 0 Å². The number of hydrogen-bond acceptors (Lipinski definition) is 5. The number of rotatable bonds is 3. The molecule has 5 rings (SSSR count). The quantitative estimate of drug-likeness (QED) is 0.797. The Morgan fingerprint density at radius 3 is 2.64 bits per heavy atom. The van der Waals surface area contributed by atoms with E-state index in [9.17, 15) is 14.4 Å². The molecule has 0 unspecified atom stereocenters. The molecular weight excluding hydrogens is 360 g/mol. The molecule has 0 N–H and O–H groups in total. The van der Waals surface area contributed by atoms with Crippen molar-refractivity contribution in [1.82, 2.24) is 19.4 Å². The maximum absolute atomic E-state index is 12.8. The standard InChI is InChI=1S/C20H22N4O4/c1-22-6-4-14(8-15(22)25)18(26)23-7-5-20(9-23)10-24(11-20)19(27)16-17(13-2-3-13)28-12-21-16/h4,6,8,12-13H,2-3,5,7,9-11H2,1H3. The zero-order valence-electron chi connectivity index (χ0n) is 15.8. The second-order valence-electron chi connectivity index (χ2n) is 8.34. The maximum Gasteiger partial charge on any atom is 0.276 e. The first-order chi connectivity index (χ1) is 13.5. The van der Waals surface area contributed by atoms with Crippen LogP contribution in [0.15, 0.2) is 33.9 Å². The van der Waals surface area contributed by atoms with Gasteiger partial charge in [-0.1, -0.05) is 0 Å². The summed E-state index contributed by atoms with van der Waals surface area (Å²) in [6.07, 6.45) is 5.94. The molecule has 8 heteroatoms. The minimum absolute atomic E-state index is 0.0471. The highest BCUT2D eigenvalue weighted by Crippen LogP contribution is 2.44. The minimum atomic E-state index is -0.195. The van der Waals surface area contributed by atoms with Crippen molar-refractivity contribution >= 4 is 11.8 Å². The third-order valence-electron chi connectivity index (χ3n) is 6.16. The highest BCUT2D eigenvalue weighted by Gasteiger charge is 2.51. The van der Waals surface area contributed by atoms with E-state index in [-0.39, 0.29) is 22.8 Å². The molecule has 2 aromatic heterocycles. The molecule has 28 heavy (non-hydrogen) atoms. The summed E-state index contributed by atoms with van der Waals surface area (Å²) in [6, 6.07) is 3.06. The van der Waals surface area contributed by atoms with E-state index in [2.05, 4.69) is 4.98 Å². The molecule has 146 valence electrons. The van der Waals surface area contributed by atoms with Gasteiger partial charge in [0.2, 0.25) is 0 Å². The smallest absolute Gasteiger partial charge is 0.276 e. The predicted octanol–water partition coefficient (Wildman–Crippen LogP) is 1.24. The molecule has 2 saturated heterocycles. The van der Waals surface area contributed by atoms with Gasteiger partial charge in [0.25, 0.3) is 17.4 Å². The summed E-state index contributed by atoms with van der Waals surface area (Å²) in [7, 11) is 1.66. The molecule has 0 bridgehead atoms. The Labute approximate surface area is 161 Å². The van der Waals surface area contributed by atoms with Crippen LogP contribution in [0.25, 0.3) is 0 Å². The van der Waals surface area contributed by atoms with Crippen LogP contribution in [-0.4, -0.2) is 57.3 Å². The minimum Gasteiger partial charge on any atom is -0.447 e. The van der Waals surface area contributed by atoms with Gasteiger partial charge in [0, 0.05) is 62.4 Å². The van der Waals surface area contributed by atoms with E-state index >= 15 is 0 Å². The number of aromatic nitrogens is 2. The maximum atomic E-state index is 12.8. The van der Waals surface area contributed by atoms with Crippen LogP contribution in [0.1, 0.15) is 51.8 Å². The van der Waals surface area contributed by atoms with E-state index in [1.54, 1.807) is 29.1 Å². The van der Waals surface area contributed by atoms with Crippen molar-refractivity contribution in [3.8, 4) is 0 Å². The average molecular weight is 382 g/mol. The monoisotopic (exact) mass is 382 g/mol. The summed E-state index contributed by atoms with van der Waals surface area (Å²) < 4.78 is 6.86. The van der Waals surface area contributed by atoms with Crippen molar-refractivity contribution in [2.24, 2.45) is 12.5 Å². The Bertz CT molecular complexity index is 1010. The molecule has 1 spiro atoms. The van der Waals surface area contributed by atoms with Crippen molar-refractivity contribution in [2.45, 2.75) is 25.2 Å². The molecule has 2 aliphatic heterocycles. The SMILES string of the molecule is Cn1ccc(C(=O)N2CCC3(C2)CN(C(=O)c2ncoc2C2CC2)C3)cc1=O. The van der Waals surface area contributed by atoms with Gasteiger partial charge >= 0.3 is 0 Å². The molecule has 0 radical (unpaired) electrons. The molecule has 2 amide bonds. The number of carbonyl (C=O) groups is 2. The van der Waals surface area contributed by atoms with E-state index in [1.807, 2.05) is 0 Å². The molecule has 0 atom stereocenters. The largest absolute Gasteiger partial charge is 0.447 e. The molecule has 1 aliphatic carbocycles. The molecular formula is C20H22N4O4. The summed E-state index contributed by atoms with van der Waals surface area (Å²) in [6.45, 7) is 2.51. The fourth-order valence-corrected chi connectivity index (χ4v) is 4.34. The van der Waals surface area contributed by atoms with Crippen LogP contribution in [0, 0.1) is 5.41 Å². The molecule has 2 aromatic rings. The Morgan fingerprint density at radius 1 is 1.18 bits per heavy atom.